The first-order chi connectivity index (χ1) is 18.1. The van der Waals surface area contributed by atoms with Crippen molar-refractivity contribution in [1.29, 1.82) is 0 Å². The van der Waals surface area contributed by atoms with Crippen LogP contribution in [0, 0.1) is 0 Å². The third kappa shape index (κ3) is 4.59. The van der Waals surface area contributed by atoms with Crippen LogP contribution in [0.3, 0.4) is 0 Å². The van der Waals surface area contributed by atoms with Crippen molar-refractivity contribution < 1.29 is 13.2 Å². The molecule has 1 aliphatic carbocycles. The summed E-state index contributed by atoms with van der Waals surface area (Å²) in [4.78, 5) is 10.9. The standard InChI is InChI=1S/C26H26Cl2N6O3S/c1-16(24-20(27)13-29-14-21(24)28)37-18-4-5-22-19(11-18)25(32-31-22)17-3-6-23(30-12-17)33-9-10-34(38(2,35)36)26(15-33)7-8-26/h3-6,11-14,16H,7-10,15H2,1-2H3,(H,31,32)/t16-/m1/s1. The first kappa shape index (κ1) is 25.4. The largest absolute Gasteiger partial charge is 0.486 e. The molecule has 198 valence electrons. The number of ether oxygens (including phenoxy) is 1. The molecule has 3 aromatic heterocycles. The van der Waals surface area contributed by atoms with Gasteiger partial charge < -0.3 is 9.64 Å². The number of aromatic amines is 1. The van der Waals surface area contributed by atoms with Crippen LogP contribution in [0.1, 0.15) is 31.4 Å². The lowest BCUT2D eigenvalue weighted by Gasteiger charge is -2.41. The second-order valence-electron chi connectivity index (χ2n) is 9.94. The molecule has 12 heteroatoms. The fourth-order valence-corrected chi connectivity index (χ4v) is 7.33. The zero-order valence-electron chi connectivity index (χ0n) is 20.9. The van der Waals surface area contributed by atoms with E-state index < -0.39 is 10.0 Å². The predicted octanol–water partition coefficient (Wildman–Crippen LogP) is 5.08. The quantitative estimate of drug-likeness (QED) is 0.343. The van der Waals surface area contributed by atoms with E-state index in [1.54, 1.807) is 22.9 Å². The van der Waals surface area contributed by atoms with E-state index in [1.165, 1.54) is 6.26 Å². The topological polar surface area (TPSA) is 104 Å². The number of benzene rings is 1. The van der Waals surface area contributed by atoms with Gasteiger partial charge in [-0.05, 0) is 50.1 Å². The molecule has 2 fully saturated rings. The van der Waals surface area contributed by atoms with Crippen molar-refractivity contribution in [2.24, 2.45) is 0 Å². The summed E-state index contributed by atoms with van der Waals surface area (Å²) in [6.45, 7) is 3.63. The summed E-state index contributed by atoms with van der Waals surface area (Å²) in [5, 5.41) is 9.40. The summed E-state index contributed by atoms with van der Waals surface area (Å²) in [5.74, 6) is 1.48. The van der Waals surface area contributed by atoms with Crippen molar-refractivity contribution in [3.05, 3.63) is 64.5 Å². The van der Waals surface area contributed by atoms with Gasteiger partial charge in [-0.15, -0.1) is 0 Å². The van der Waals surface area contributed by atoms with Gasteiger partial charge in [0.25, 0.3) is 0 Å². The lowest BCUT2D eigenvalue weighted by molar-refractivity contribution is 0.227. The lowest BCUT2D eigenvalue weighted by Crippen LogP contribution is -2.56. The second-order valence-corrected chi connectivity index (χ2v) is 12.7. The maximum absolute atomic E-state index is 12.2. The Balaban J connectivity index is 1.23. The Hall–Kier alpha value is -2.92. The van der Waals surface area contributed by atoms with Crippen LogP contribution < -0.4 is 9.64 Å². The summed E-state index contributed by atoms with van der Waals surface area (Å²) in [5.41, 5.74) is 2.89. The Morgan fingerprint density at radius 2 is 1.84 bits per heavy atom. The molecular weight excluding hydrogens is 547 g/mol. The Bertz CT molecular complexity index is 1600. The molecule has 4 heterocycles. The molecule has 1 atom stereocenters. The normalized spacial score (nSPS) is 18.2. The Morgan fingerprint density at radius 3 is 2.50 bits per heavy atom. The zero-order chi connectivity index (χ0) is 26.7. The number of nitrogens with one attached hydrogen (secondary N) is 1. The Kier molecular flexibility index (Phi) is 6.26. The average Bonchev–Trinajstić information content (AvgIpc) is 3.49. The minimum atomic E-state index is -3.22. The number of piperazine rings is 1. The lowest BCUT2D eigenvalue weighted by atomic mass is 10.1. The smallest absolute Gasteiger partial charge is 0.211 e. The van der Waals surface area contributed by atoms with Crippen LogP contribution in [0.25, 0.3) is 22.2 Å². The molecule has 0 unspecified atom stereocenters. The highest BCUT2D eigenvalue weighted by Crippen LogP contribution is 2.46. The third-order valence-corrected chi connectivity index (χ3v) is 9.28. The van der Waals surface area contributed by atoms with Crippen molar-refractivity contribution in [3.63, 3.8) is 0 Å². The molecule has 1 aliphatic heterocycles. The number of aromatic nitrogens is 4. The first-order valence-corrected chi connectivity index (χ1v) is 14.9. The molecule has 1 saturated heterocycles. The fourth-order valence-electron chi connectivity index (χ4n) is 5.30. The van der Waals surface area contributed by atoms with E-state index in [2.05, 4.69) is 20.1 Å². The summed E-state index contributed by atoms with van der Waals surface area (Å²) in [6, 6.07) is 9.69. The van der Waals surface area contributed by atoms with Crippen LogP contribution in [-0.2, 0) is 10.0 Å². The Morgan fingerprint density at radius 1 is 1.08 bits per heavy atom. The molecule has 1 aromatic carbocycles. The van der Waals surface area contributed by atoms with E-state index in [-0.39, 0.29) is 11.6 Å². The van der Waals surface area contributed by atoms with Crippen molar-refractivity contribution in [2.75, 3.05) is 30.8 Å². The molecule has 4 aromatic rings. The molecule has 0 bridgehead atoms. The van der Waals surface area contributed by atoms with Crippen molar-refractivity contribution in [3.8, 4) is 17.0 Å². The van der Waals surface area contributed by atoms with E-state index in [9.17, 15) is 8.42 Å². The van der Waals surface area contributed by atoms with Gasteiger partial charge in [0.15, 0.2) is 0 Å². The van der Waals surface area contributed by atoms with Crippen molar-refractivity contribution in [2.45, 2.75) is 31.4 Å². The molecule has 1 saturated carbocycles. The zero-order valence-corrected chi connectivity index (χ0v) is 23.2. The summed E-state index contributed by atoms with van der Waals surface area (Å²) < 4.78 is 32.3. The van der Waals surface area contributed by atoms with Gasteiger partial charge in [0, 0.05) is 54.7 Å². The number of anilines is 1. The molecule has 1 spiro atoms. The van der Waals surface area contributed by atoms with Gasteiger partial charge >= 0.3 is 0 Å². The van der Waals surface area contributed by atoms with Crippen LogP contribution in [0.15, 0.2) is 48.9 Å². The van der Waals surface area contributed by atoms with E-state index >= 15 is 0 Å². The maximum atomic E-state index is 12.2. The minimum Gasteiger partial charge on any atom is -0.486 e. The van der Waals surface area contributed by atoms with Crippen LogP contribution in [0.2, 0.25) is 10.0 Å². The van der Waals surface area contributed by atoms with Crippen LogP contribution >= 0.6 is 23.2 Å². The highest BCUT2D eigenvalue weighted by molar-refractivity contribution is 7.88. The van der Waals surface area contributed by atoms with Crippen LogP contribution in [-0.4, -0.2) is 64.3 Å². The number of hydrogen-bond donors (Lipinski definition) is 1. The summed E-state index contributed by atoms with van der Waals surface area (Å²) >= 11 is 12.6. The molecule has 6 rings (SSSR count). The Labute approximate surface area is 230 Å². The van der Waals surface area contributed by atoms with E-state index in [1.807, 2.05) is 37.3 Å². The van der Waals surface area contributed by atoms with Gasteiger partial charge in [-0.2, -0.15) is 9.40 Å². The number of rotatable bonds is 6. The number of halogens is 2. The van der Waals surface area contributed by atoms with Gasteiger partial charge in [-0.3, -0.25) is 10.1 Å². The van der Waals surface area contributed by atoms with Crippen molar-refractivity contribution in [1.82, 2.24) is 24.5 Å². The monoisotopic (exact) mass is 572 g/mol. The SMILES string of the molecule is C[C@@H](Oc1ccc2[nH]nc(-c3ccc(N4CCN(S(C)(=O)=O)C5(CC5)C4)nc3)c2c1)c1c(Cl)cncc1Cl. The predicted molar refractivity (Wildman–Crippen MR) is 148 cm³/mol. The minimum absolute atomic E-state index is 0.289. The van der Waals surface area contributed by atoms with Gasteiger partial charge in [-0.1, -0.05) is 23.2 Å². The van der Waals surface area contributed by atoms with Crippen molar-refractivity contribution >= 4 is 49.9 Å². The number of nitrogens with zero attached hydrogens (tertiary/aromatic N) is 5. The molecule has 38 heavy (non-hydrogen) atoms. The van der Waals surface area contributed by atoms with Gasteiger partial charge in [0.05, 0.1) is 27.4 Å². The highest BCUT2D eigenvalue weighted by atomic mass is 35.5. The molecule has 2 aliphatic rings. The number of sulfonamides is 1. The van der Waals surface area contributed by atoms with Gasteiger partial charge in [0.1, 0.15) is 23.4 Å². The van der Waals surface area contributed by atoms with E-state index in [0.29, 0.717) is 41.0 Å². The maximum Gasteiger partial charge on any atom is 0.211 e. The van der Waals surface area contributed by atoms with E-state index in [4.69, 9.17) is 32.9 Å². The number of fused-ring (bicyclic) bond motifs is 1. The molecular formula is C26H26Cl2N6O3S. The number of H-pyrrole nitrogens is 1. The molecule has 0 radical (unpaired) electrons. The highest BCUT2D eigenvalue weighted by Gasteiger charge is 2.54. The van der Waals surface area contributed by atoms with Crippen LogP contribution in [0.4, 0.5) is 5.82 Å². The third-order valence-electron chi connectivity index (χ3n) is 7.30. The average molecular weight is 574 g/mol. The summed E-state index contributed by atoms with van der Waals surface area (Å²) in [6.07, 6.45) is 7.58. The number of hydrogen-bond acceptors (Lipinski definition) is 7. The molecule has 9 nitrogen and oxygen atoms in total. The van der Waals surface area contributed by atoms with Gasteiger partial charge in [0.2, 0.25) is 10.0 Å². The van der Waals surface area contributed by atoms with Crippen LogP contribution in [0.5, 0.6) is 5.75 Å². The molecule has 0 amide bonds. The fraction of sp³-hybridized carbons (Fsp3) is 0.346. The van der Waals surface area contributed by atoms with E-state index in [0.717, 1.165) is 40.8 Å². The number of pyridine rings is 2. The summed E-state index contributed by atoms with van der Waals surface area (Å²) in [7, 11) is -3.22. The first-order valence-electron chi connectivity index (χ1n) is 12.3. The second kappa shape index (κ2) is 9.37. The van der Waals surface area contributed by atoms with Gasteiger partial charge in [-0.25, -0.2) is 13.4 Å². The molecule has 1 N–H and O–H groups in total.